The maximum atomic E-state index is 13.4. The van der Waals surface area contributed by atoms with Crippen LogP contribution in [0.5, 0.6) is 0 Å². The van der Waals surface area contributed by atoms with E-state index in [0.717, 1.165) is 30.7 Å². The van der Waals surface area contributed by atoms with Crippen molar-refractivity contribution in [1.82, 2.24) is 4.90 Å². The van der Waals surface area contributed by atoms with Gasteiger partial charge in [0.1, 0.15) is 0 Å². The number of aliphatic hydroxyl groups excluding tert-OH is 1. The Morgan fingerprint density at radius 3 is 2.05 bits per heavy atom. The Morgan fingerprint density at radius 2 is 1.62 bits per heavy atom. The van der Waals surface area contributed by atoms with Gasteiger partial charge in [0, 0.05) is 19.2 Å². The Labute approximate surface area is 128 Å². The Hall–Kier alpha value is -0.570. The molecule has 0 aromatic rings. The molecule has 5 aliphatic carbocycles. The Bertz CT molecular complexity index is 380. The van der Waals surface area contributed by atoms with E-state index in [1.807, 2.05) is 0 Å². The number of carbonyl (C=O) groups is 1. The standard InChI is InChI=1S/C18H29NO2/c20-6-2-5-19(16-3-1-4-16)17(21)18-10-13-7-14(11-18)9-15(8-13)12-18/h13-16,20H,1-12H2. The van der Waals surface area contributed by atoms with E-state index < -0.39 is 0 Å². The van der Waals surface area contributed by atoms with Crippen molar-refractivity contribution in [3.05, 3.63) is 0 Å². The van der Waals surface area contributed by atoms with E-state index in [9.17, 15) is 4.79 Å². The van der Waals surface area contributed by atoms with Crippen molar-refractivity contribution in [2.24, 2.45) is 23.2 Å². The topological polar surface area (TPSA) is 40.5 Å². The first-order chi connectivity index (χ1) is 10.2. The molecule has 0 aromatic heterocycles. The molecule has 0 aliphatic heterocycles. The fourth-order valence-corrected chi connectivity index (χ4v) is 6.07. The number of aliphatic hydroxyl groups is 1. The van der Waals surface area contributed by atoms with Crippen LogP contribution >= 0.6 is 0 Å². The van der Waals surface area contributed by atoms with Gasteiger partial charge in [0.15, 0.2) is 0 Å². The first-order valence-corrected chi connectivity index (χ1v) is 9.12. The van der Waals surface area contributed by atoms with E-state index in [-0.39, 0.29) is 12.0 Å². The highest BCUT2D eigenvalue weighted by Crippen LogP contribution is 2.60. The van der Waals surface area contributed by atoms with Crippen LogP contribution in [0.2, 0.25) is 0 Å². The number of nitrogens with zero attached hydrogens (tertiary/aromatic N) is 1. The van der Waals surface area contributed by atoms with Crippen LogP contribution in [0.25, 0.3) is 0 Å². The number of carbonyl (C=O) groups excluding carboxylic acids is 1. The maximum Gasteiger partial charge on any atom is 0.229 e. The zero-order valence-electron chi connectivity index (χ0n) is 13.1. The summed E-state index contributed by atoms with van der Waals surface area (Å²) in [4.78, 5) is 15.6. The molecule has 118 valence electrons. The van der Waals surface area contributed by atoms with Crippen molar-refractivity contribution in [1.29, 1.82) is 0 Å². The lowest BCUT2D eigenvalue weighted by Gasteiger charge is -2.57. The summed E-state index contributed by atoms with van der Waals surface area (Å²) in [5, 5.41) is 9.17. The number of rotatable bonds is 5. The molecule has 4 bridgehead atoms. The first kappa shape index (κ1) is 14.0. The summed E-state index contributed by atoms with van der Waals surface area (Å²) >= 11 is 0. The molecule has 0 aromatic carbocycles. The Morgan fingerprint density at radius 1 is 1.05 bits per heavy atom. The largest absolute Gasteiger partial charge is 0.396 e. The number of hydrogen-bond acceptors (Lipinski definition) is 2. The van der Waals surface area contributed by atoms with Crippen LogP contribution in [0.3, 0.4) is 0 Å². The third-order valence-electron chi connectivity index (χ3n) is 6.83. The van der Waals surface area contributed by atoms with Gasteiger partial charge in [-0.05, 0) is 82.0 Å². The average molecular weight is 291 g/mol. The third-order valence-corrected chi connectivity index (χ3v) is 6.83. The zero-order chi connectivity index (χ0) is 14.4. The normalized spacial score (nSPS) is 41.1. The second kappa shape index (κ2) is 5.26. The van der Waals surface area contributed by atoms with Gasteiger partial charge in [-0.3, -0.25) is 4.79 Å². The molecular weight excluding hydrogens is 262 g/mol. The summed E-state index contributed by atoms with van der Waals surface area (Å²) in [5.41, 5.74) is -0.000203. The quantitative estimate of drug-likeness (QED) is 0.846. The van der Waals surface area contributed by atoms with Crippen molar-refractivity contribution in [2.45, 2.75) is 70.3 Å². The predicted molar refractivity (Wildman–Crippen MR) is 81.7 cm³/mol. The first-order valence-electron chi connectivity index (χ1n) is 9.12. The molecule has 0 radical (unpaired) electrons. The minimum absolute atomic E-state index is 0.000203. The molecule has 3 nitrogen and oxygen atoms in total. The van der Waals surface area contributed by atoms with Crippen molar-refractivity contribution < 1.29 is 9.90 Å². The fraction of sp³-hybridized carbons (Fsp3) is 0.944. The van der Waals surface area contributed by atoms with Crippen LogP contribution in [0.1, 0.15) is 64.2 Å². The van der Waals surface area contributed by atoms with Crippen molar-refractivity contribution in [3.63, 3.8) is 0 Å². The molecule has 5 rings (SSSR count). The van der Waals surface area contributed by atoms with Gasteiger partial charge in [0.25, 0.3) is 0 Å². The second-order valence-corrected chi connectivity index (χ2v) is 8.36. The van der Waals surface area contributed by atoms with Crippen LogP contribution in [-0.2, 0) is 4.79 Å². The molecule has 5 aliphatic rings. The van der Waals surface area contributed by atoms with Gasteiger partial charge < -0.3 is 10.0 Å². The molecule has 21 heavy (non-hydrogen) atoms. The molecule has 1 amide bonds. The van der Waals surface area contributed by atoms with Crippen LogP contribution in [0, 0.1) is 23.2 Å². The lowest BCUT2D eigenvalue weighted by atomic mass is 9.49. The molecule has 0 heterocycles. The van der Waals surface area contributed by atoms with Gasteiger partial charge in [-0.1, -0.05) is 0 Å². The van der Waals surface area contributed by atoms with E-state index in [4.69, 9.17) is 5.11 Å². The maximum absolute atomic E-state index is 13.4. The molecule has 5 saturated carbocycles. The highest BCUT2D eigenvalue weighted by atomic mass is 16.3. The fourth-order valence-electron chi connectivity index (χ4n) is 6.07. The SMILES string of the molecule is O=C(N(CCCO)C1CCC1)C12CC3CC(CC(C3)C1)C2. The van der Waals surface area contributed by atoms with Crippen LogP contribution in [0.15, 0.2) is 0 Å². The molecular formula is C18H29NO2. The van der Waals surface area contributed by atoms with E-state index in [1.54, 1.807) is 0 Å². The lowest BCUT2D eigenvalue weighted by Crippen LogP contribution is -2.57. The van der Waals surface area contributed by atoms with Crippen LogP contribution < -0.4 is 0 Å². The smallest absolute Gasteiger partial charge is 0.229 e. The van der Waals surface area contributed by atoms with Gasteiger partial charge in [-0.15, -0.1) is 0 Å². The Balaban J connectivity index is 1.54. The molecule has 0 saturated heterocycles. The Kier molecular flexibility index (Phi) is 3.52. The monoisotopic (exact) mass is 291 g/mol. The molecule has 0 unspecified atom stereocenters. The van der Waals surface area contributed by atoms with Crippen molar-refractivity contribution >= 4 is 5.91 Å². The molecule has 0 atom stereocenters. The van der Waals surface area contributed by atoms with Gasteiger partial charge >= 0.3 is 0 Å². The summed E-state index contributed by atoms with van der Waals surface area (Å²) in [7, 11) is 0. The number of amides is 1. The van der Waals surface area contributed by atoms with E-state index in [2.05, 4.69) is 4.90 Å². The summed E-state index contributed by atoms with van der Waals surface area (Å²) in [6.45, 7) is 0.985. The van der Waals surface area contributed by atoms with E-state index >= 15 is 0 Å². The lowest BCUT2D eigenvalue weighted by molar-refractivity contribution is -0.162. The molecule has 1 N–H and O–H groups in total. The summed E-state index contributed by atoms with van der Waals surface area (Å²) < 4.78 is 0. The molecule has 5 fully saturated rings. The minimum Gasteiger partial charge on any atom is -0.396 e. The van der Waals surface area contributed by atoms with Crippen molar-refractivity contribution in [3.8, 4) is 0 Å². The summed E-state index contributed by atoms with van der Waals surface area (Å²) in [5.74, 6) is 2.98. The number of hydrogen-bond donors (Lipinski definition) is 1. The van der Waals surface area contributed by atoms with E-state index in [0.29, 0.717) is 11.9 Å². The van der Waals surface area contributed by atoms with E-state index in [1.165, 1.54) is 57.8 Å². The van der Waals surface area contributed by atoms with Gasteiger partial charge in [0.2, 0.25) is 5.91 Å². The van der Waals surface area contributed by atoms with Gasteiger partial charge in [0.05, 0.1) is 5.41 Å². The second-order valence-electron chi connectivity index (χ2n) is 8.36. The highest BCUT2D eigenvalue weighted by molar-refractivity contribution is 5.83. The predicted octanol–water partition coefficient (Wildman–Crippen LogP) is 2.97. The zero-order valence-corrected chi connectivity index (χ0v) is 13.1. The summed E-state index contributed by atoms with van der Waals surface area (Å²) in [6.07, 6.45) is 12.1. The van der Waals surface area contributed by atoms with Gasteiger partial charge in [-0.25, -0.2) is 0 Å². The molecule has 3 heteroatoms. The van der Waals surface area contributed by atoms with Gasteiger partial charge in [-0.2, -0.15) is 0 Å². The van der Waals surface area contributed by atoms with Crippen molar-refractivity contribution in [2.75, 3.05) is 13.2 Å². The summed E-state index contributed by atoms with van der Waals surface area (Å²) in [6, 6.07) is 0.483. The minimum atomic E-state index is -0.000203. The van der Waals surface area contributed by atoms with Crippen LogP contribution in [-0.4, -0.2) is 35.1 Å². The highest BCUT2D eigenvalue weighted by Gasteiger charge is 2.56. The molecule has 0 spiro atoms. The average Bonchev–Trinajstić information content (AvgIpc) is 2.39. The van der Waals surface area contributed by atoms with Crippen LogP contribution in [0.4, 0.5) is 0 Å². The third kappa shape index (κ3) is 2.32.